The lowest BCUT2D eigenvalue weighted by atomic mass is 9.89. The molecule has 1 saturated heterocycles. The van der Waals surface area contributed by atoms with E-state index in [0.29, 0.717) is 30.2 Å². The Morgan fingerprint density at radius 2 is 1.65 bits per heavy atom. The molecule has 0 saturated carbocycles. The SMILES string of the molecule is C[C@@H]1CCCCNC(=O)c2cccc(c2)C(=O)Nc2nc3cccc(C4CCCNC4=O)c3n21. The first-order valence-electron chi connectivity index (χ1n) is 12.0. The number of benzene rings is 2. The van der Waals surface area contributed by atoms with E-state index in [9.17, 15) is 14.4 Å². The van der Waals surface area contributed by atoms with Crippen LogP contribution in [0.5, 0.6) is 0 Å². The first kappa shape index (κ1) is 22.1. The number of rotatable bonds is 1. The van der Waals surface area contributed by atoms with Crippen LogP contribution in [0.15, 0.2) is 42.5 Å². The molecule has 2 aliphatic rings. The first-order valence-corrected chi connectivity index (χ1v) is 12.0. The van der Waals surface area contributed by atoms with Crippen molar-refractivity contribution in [1.82, 2.24) is 20.2 Å². The molecule has 2 atom stereocenters. The summed E-state index contributed by atoms with van der Waals surface area (Å²) in [5.74, 6) is -0.238. The van der Waals surface area contributed by atoms with Gasteiger partial charge in [0.2, 0.25) is 11.9 Å². The van der Waals surface area contributed by atoms with E-state index >= 15 is 0 Å². The lowest BCUT2D eigenvalue weighted by molar-refractivity contribution is -0.123. The van der Waals surface area contributed by atoms with Crippen molar-refractivity contribution in [3.05, 3.63) is 59.2 Å². The largest absolute Gasteiger partial charge is 0.356 e. The smallest absolute Gasteiger partial charge is 0.257 e. The fourth-order valence-electron chi connectivity index (χ4n) is 5.02. The number of nitrogens with zero attached hydrogens (tertiary/aromatic N) is 2. The second-order valence-electron chi connectivity index (χ2n) is 9.14. The minimum atomic E-state index is -0.326. The average Bonchev–Trinajstić information content (AvgIpc) is 3.21. The number of amides is 3. The number of hydrogen-bond donors (Lipinski definition) is 3. The molecule has 2 aliphatic heterocycles. The second kappa shape index (κ2) is 9.29. The Labute approximate surface area is 198 Å². The fraction of sp³-hybridized carbons (Fsp3) is 0.385. The average molecular weight is 460 g/mol. The molecule has 3 N–H and O–H groups in total. The number of nitrogens with one attached hydrogen (secondary N) is 3. The molecule has 34 heavy (non-hydrogen) atoms. The standard InChI is InChI=1S/C26H29N5O3/c1-16-7-2-3-13-27-23(32)17-8-4-9-18(15-17)24(33)30-26-29-21-12-5-10-19(22(21)31(16)26)20-11-6-14-28-25(20)34/h4-5,8-10,12,15-16,20H,2-3,6-7,11,13-14H2,1H3,(H,27,32)(H,28,34)(H,29,30,33)/t16-,20?/m1/s1. The molecule has 3 amide bonds. The minimum absolute atomic E-state index is 0.0399. The zero-order valence-electron chi connectivity index (χ0n) is 19.3. The van der Waals surface area contributed by atoms with Gasteiger partial charge in [-0.1, -0.05) is 18.2 Å². The molecular weight excluding hydrogens is 430 g/mol. The summed E-state index contributed by atoms with van der Waals surface area (Å²) in [5.41, 5.74) is 3.46. The summed E-state index contributed by atoms with van der Waals surface area (Å²) in [5, 5.41) is 8.91. The van der Waals surface area contributed by atoms with Crippen LogP contribution < -0.4 is 16.0 Å². The monoisotopic (exact) mass is 459 g/mol. The molecule has 3 aromatic rings. The number of para-hydroxylation sites is 1. The van der Waals surface area contributed by atoms with E-state index in [4.69, 9.17) is 4.98 Å². The van der Waals surface area contributed by atoms with Crippen LogP contribution >= 0.6 is 0 Å². The molecule has 176 valence electrons. The van der Waals surface area contributed by atoms with Crippen LogP contribution in [-0.2, 0) is 4.79 Å². The van der Waals surface area contributed by atoms with Gasteiger partial charge in [-0.2, -0.15) is 0 Å². The van der Waals surface area contributed by atoms with Crippen LogP contribution in [0.25, 0.3) is 11.0 Å². The van der Waals surface area contributed by atoms with Gasteiger partial charge in [0.05, 0.1) is 17.0 Å². The Hall–Kier alpha value is -3.68. The van der Waals surface area contributed by atoms with Crippen molar-refractivity contribution < 1.29 is 14.4 Å². The first-order chi connectivity index (χ1) is 16.5. The summed E-state index contributed by atoms with van der Waals surface area (Å²) >= 11 is 0. The van der Waals surface area contributed by atoms with Crippen molar-refractivity contribution in [2.45, 2.75) is 51.0 Å². The van der Waals surface area contributed by atoms with Crippen molar-refractivity contribution >= 4 is 34.7 Å². The highest BCUT2D eigenvalue weighted by atomic mass is 16.2. The molecule has 1 aromatic heterocycles. The molecule has 5 rings (SSSR count). The highest BCUT2D eigenvalue weighted by molar-refractivity contribution is 6.06. The quantitative estimate of drug-likeness (QED) is 0.515. The summed E-state index contributed by atoms with van der Waals surface area (Å²) in [6.07, 6.45) is 4.32. The van der Waals surface area contributed by atoms with Crippen molar-refractivity contribution in [2.75, 3.05) is 18.4 Å². The van der Waals surface area contributed by atoms with Crippen molar-refractivity contribution in [1.29, 1.82) is 0 Å². The molecule has 2 bridgehead atoms. The third kappa shape index (κ3) is 4.16. The number of imidazole rings is 1. The van der Waals surface area contributed by atoms with Gasteiger partial charge >= 0.3 is 0 Å². The molecule has 8 heteroatoms. The molecule has 3 heterocycles. The van der Waals surface area contributed by atoms with Gasteiger partial charge < -0.3 is 15.2 Å². The normalized spacial score (nSPS) is 21.7. The maximum absolute atomic E-state index is 13.2. The van der Waals surface area contributed by atoms with Crippen LogP contribution in [0.4, 0.5) is 5.95 Å². The number of piperidine rings is 1. The van der Waals surface area contributed by atoms with E-state index in [1.807, 2.05) is 18.2 Å². The molecule has 0 aliphatic carbocycles. The van der Waals surface area contributed by atoms with E-state index in [1.54, 1.807) is 24.3 Å². The predicted octanol–water partition coefficient (Wildman–Crippen LogP) is 3.76. The van der Waals surface area contributed by atoms with Crippen LogP contribution in [0.3, 0.4) is 0 Å². The highest BCUT2D eigenvalue weighted by Gasteiger charge is 2.29. The van der Waals surface area contributed by atoms with Gasteiger partial charge in [-0.3, -0.25) is 19.7 Å². The van der Waals surface area contributed by atoms with Crippen molar-refractivity contribution in [3.63, 3.8) is 0 Å². The molecule has 2 aromatic carbocycles. The maximum Gasteiger partial charge on any atom is 0.257 e. The zero-order chi connectivity index (χ0) is 23.7. The lowest BCUT2D eigenvalue weighted by Crippen LogP contribution is -2.35. The van der Waals surface area contributed by atoms with Crippen LogP contribution in [-0.4, -0.2) is 40.4 Å². The number of aromatic nitrogens is 2. The van der Waals surface area contributed by atoms with Crippen molar-refractivity contribution in [2.24, 2.45) is 0 Å². The van der Waals surface area contributed by atoms with Crippen LogP contribution in [0, 0.1) is 0 Å². The third-order valence-corrected chi connectivity index (χ3v) is 6.79. The summed E-state index contributed by atoms with van der Waals surface area (Å²) in [6, 6.07) is 12.6. The number of carbonyl (C=O) groups excluding carboxylic acids is 3. The molecule has 8 nitrogen and oxygen atoms in total. The number of carbonyl (C=O) groups is 3. The highest BCUT2D eigenvalue weighted by Crippen LogP contribution is 2.35. The summed E-state index contributed by atoms with van der Waals surface area (Å²) in [7, 11) is 0. The van der Waals surface area contributed by atoms with E-state index in [0.717, 1.165) is 48.7 Å². The van der Waals surface area contributed by atoms with Gasteiger partial charge in [0.1, 0.15) is 0 Å². The third-order valence-electron chi connectivity index (χ3n) is 6.79. The Morgan fingerprint density at radius 1 is 0.882 bits per heavy atom. The minimum Gasteiger partial charge on any atom is -0.356 e. The lowest BCUT2D eigenvalue weighted by Gasteiger charge is -2.25. The Kier molecular flexibility index (Phi) is 6.04. The molecule has 0 radical (unpaired) electrons. The van der Waals surface area contributed by atoms with Gasteiger partial charge in [0.15, 0.2) is 0 Å². The zero-order valence-corrected chi connectivity index (χ0v) is 19.3. The van der Waals surface area contributed by atoms with Gasteiger partial charge in [0, 0.05) is 30.3 Å². The van der Waals surface area contributed by atoms with E-state index in [-0.39, 0.29) is 29.7 Å². The van der Waals surface area contributed by atoms with Gasteiger partial charge in [-0.25, -0.2) is 4.98 Å². The van der Waals surface area contributed by atoms with Gasteiger partial charge in [0.25, 0.3) is 11.8 Å². The Bertz CT molecular complexity index is 1260. The molecule has 1 fully saturated rings. The maximum atomic E-state index is 13.2. The Morgan fingerprint density at radius 3 is 2.47 bits per heavy atom. The topological polar surface area (TPSA) is 105 Å². The Balaban J connectivity index is 1.62. The van der Waals surface area contributed by atoms with Crippen molar-refractivity contribution in [3.8, 4) is 0 Å². The van der Waals surface area contributed by atoms with Crippen LogP contribution in [0.1, 0.15) is 77.3 Å². The second-order valence-corrected chi connectivity index (χ2v) is 9.14. The van der Waals surface area contributed by atoms with E-state index in [2.05, 4.69) is 27.4 Å². The number of hydrogen-bond acceptors (Lipinski definition) is 4. The van der Waals surface area contributed by atoms with Gasteiger partial charge in [-0.05, 0) is 68.9 Å². The summed E-state index contributed by atoms with van der Waals surface area (Å²) in [6.45, 7) is 3.39. The number of anilines is 1. The number of fused-ring (bicyclic) bond motifs is 5. The van der Waals surface area contributed by atoms with Crippen LogP contribution in [0.2, 0.25) is 0 Å². The van der Waals surface area contributed by atoms with E-state index < -0.39 is 0 Å². The summed E-state index contributed by atoms with van der Waals surface area (Å²) < 4.78 is 2.08. The molecular formula is C26H29N5O3. The summed E-state index contributed by atoms with van der Waals surface area (Å²) in [4.78, 5) is 43.1. The molecule has 1 unspecified atom stereocenters. The fourth-order valence-corrected chi connectivity index (χ4v) is 5.02. The van der Waals surface area contributed by atoms with Gasteiger partial charge in [-0.15, -0.1) is 0 Å². The predicted molar refractivity (Wildman–Crippen MR) is 130 cm³/mol. The molecule has 0 spiro atoms. The van der Waals surface area contributed by atoms with E-state index in [1.165, 1.54) is 0 Å².